The topological polar surface area (TPSA) is 98.5 Å². The average molecular weight is 507 g/mol. The van der Waals surface area contributed by atoms with Crippen molar-refractivity contribution in [3.63, 3.8) is 0 Å². The van der Waals surface area contributed by atoms with Gasteiger partial charge < -0.3 is 10.5 Å². The van der Waals surface area contributed by atoms with Crippen LogP contribution >= 0.6 is 11.3 Å². The number of thiophene rings is 1. The van der Waals surface area contributed by atoms with Gasteiger partial charge in [-0.05, 0) is 47.1 Å². The molecule has 0 aliphatic carbocycles. The number of ether oxygens (including phenoxy) is 1. The van der Waals surface area contributed by atoms with E-state index in [1.54, 1.807) is 0 Å². The number of anilines is 2. The molecule has 1 heterocycles. The molecule has 0 spiro atoms. The minimum atomic E-state index is -3.32. The van der Waals surface area contributed by atoms with Gasteiger partial charge in [0.05, 0.1) is 28.6 Å². The van der Waals surface area contributed by atoms with Crippen LogP contribution < -0.4 is 15.2 Å². The monoisotopic (exact) mass is 506 g/mol. The summed E-state index contributed by atoms with van der Waals surface area (Å²) in [5.74, 6) is 0.749. The molecule has 0 aliphatic heterocycles. The van der Waals surface area contributed by atoms with E-state index in [-0.39, 0.29) is 11.2 Å². The van der Waals surface area contributed by atoms with Crippen molar-refractivity contribution < 1.29 is 17.9 Å². The Bertz CT molecular complexity index is 1220. The summed E-state index contributed by atoms with van der Waals surface area (Å²) in [4.78, 5) is 12.3. The second-order valence-corrected chi connectivity index (χ2v) is 11.5. The van der Waals surface area contributed by atoms with E-state index in [9.17, 15) is 13.2 Å². The molecule has 188 valence electrons. The van der Waals surface area contributed by atoms with Crippen LogP contribution in [-0.4, -0.2) is 27.6 Å². The first-order valence-corrected chi connectivity index (χ1v) is 14.0. The van der Waals surface area contributed by atoms with Gasteiger partial charge in [-0.3, -0.25) is 9.52 Å². The minimum Gasteiger partial charge on any atom is -0.494 e. The lowest BCUT2D eigenvalue weighted by atomic mass is 9.86. The first-order valence-electron chi connectivity index (χ1n) is 11.2. The Morgan fingerprint density at radius 2 is 1.76 bits per heavy atom. The molecule has 8 heteroatoms. The first kappa shape index (κ1) is 29.5. The van der Waals surface area contributed by atoms with E-state index >= 15 is 0 Å². The van der Waals surface area contributed by atoms with E-state index in [2.05, 4.69) is 25.5 Å². The fraction of sp³-hybridized carbons (Fsp3) is 0.423. The number of aryl methyl sites for hydroxylation is 1. The Labute approximate surface area is 208 Å². The fourth-order valence-electron chi connectivity index (χ4n) is 3.15. The molecular weight excluding hydrogens is 468 g/mol. The first-order chi connectivity index (χ1) is 15.8. The normalized spacial score (nSPS) is 11.1. The van der Waals surface area contributed by atoms with Gasteiger partial charge in [-0.15, -0.1) is 11.3 Å². The van der Waals surface area contributed by atoms with E-state index in [0.29, 0.717) is 17.9 Å². The number of sulfonamides is 1. The third kappa shape index (κ3) is 8.02. The Morgan fingerprint density at radius 3 is 2.24 bits per heavy atom. The summed E-state index contributed by atoms with van der Waals surface area (Å²) in [6.45, 7) is 14.0. The van der Waals surface area contributed by atoms with Crippen molar-refractivity contribution >= 4 is 48.6 Å². The van der Waals surface area contributed by atoms with E-state index < -0.39 is 10.0 Å². The number of nitrogens with one attached hydrogen (secondary N) is 1. The molecule has 3 rings (SSSR count). The molecule has 0 saturated heterocycles. The molecule has 0 saturated carbocycles. The van der Waals surface area contributed by atoms with Crippen molar-refractivity contribution in [1.82, 2.24) is 0 Å². The largest absolute Gasteiger partial charge is 0.494 e. The molecule has 3 N–H and O–H groups in total. The predicted octanol–water partition coefficient (Wildman–Crippen LogP) is 6.78. The maximum absolute atomic E-state index is 11.5. The zero-order chi connectivity index (χ0) is 26.3. The number of fused-ring (bicyclic) bond motifs is 1. The van der Waals surface area contributed by atoms with Gasteiger partial charge in [-0.1, -0.05) is 59.7 Å². The number of rotatable bonds is 5. The second kappa shape index (κ2) is 12.2. The number of carbonyl (C=O) groups excluding carboxylic acids is 1. The third-order valence-corrected chi connectivity index (χ3v) is 6.64. The number of nitrogens with two attached hydrogens (primary N) is 1. The molecule has 0 bridgehead atoms. The average Bonchev–Trinajstić information content (AvgIpc) is 3.19. The van der Waals surface area contributed by atoms with E-state index in [4.69, 9.17) is 10.5 Å². The Hall–Kier alpha value is -2.58. The van der Waals surface area contributed by atoms with Gasteiger partial charge in [0, 0.05) is 12.1 Å². The van der Waals surface area contributed by atoms with Gasteiger partial charge in [0.1, 0.15) is 5.75 Å². The minimum absolute atomic E-state index is 0.0506. The number of hydrogen-bond acceptors (Lipinski definition) is 6. The van der Waals surface area contributed by atoms with Crippen LogP contribution in [0.1, 0.15) is 68.8 Å². The Kier molecular flexibility index (Phi) is 10.6. The van der Waals surface area contributed by atoms with Crippen molar-refractivity contribution in [2.45, 2.75) is 60.3 Å². The number of nitrogen functional groups attached to an aromatic ring is 1. The quantitative estimate of drug-likeness (QED) is 0.294. The van der Waals surface area contributed by atoms with Gasteiger partial charge in [-0.25, -0.2) is 8.42 Å². The van der Waals surface area contributed by atoms with E-state index in [1.807, 2.05) is 64.1 Å². The number of methoxy groups -OCH3 is 1. The third-order valence-electron chi connectivity index (χ3n) is 4.81. The number of ketones is 1. The summed E-state index contributed by atoms with van der Waals surface area (Å²) >= 11 is 1.48. The molecule has 1 aromatic heterocycles. The molecule has 0 fully saturated rings. The van der Waals surface area contributed by atoms with Gasteiger partial charge >= 0.3 is 0 Å². The molecular formula is C26H38N2O4S2. The molecule has 0 aliphatic rings. The van der Waals surface area contributed by atoms with Gasteiger partial charge in [0.2, 0.25) is 10.0 Å². The molecule has 0 unspecified atom stereocenters. The lowest BCUT2D eigenvalue weighted by Crippen LogP contribution is -2.15. The summed E-state index contributed by atoms with van der Waals surface area (Å²) < 4.78 is 31.5. The van der Waals surface area contributed by atoms with Crippen LogP contribution in [0.5, 0.6) is 5.75 Å². The molecule has 0 radical (unpaired) electrons. The fourth-order valence-corrected chi connectivity index (χ4v) is 4.80. The summed E-state index contributed by atoms with van der Waals surface area (Å²) in [7, 11) is -1.78. The summed E-state index contributed by atoms with van der Waals surface area (Å²) in [6, 6.07) is 11.5. The maximum Gasteiger partial charge on any atom is 0.229 e. The van der Waals surface area contributed by atoms with E-state index in [1.165, 1.54) is 18.4 Å². The smallest absolute Gasteiger partial charge is 0.229 e. The molecule has 3 aromatic rings. The van der Waals surface area contributed by atoms with Crippen LogP contribution in [0.4, 0.5) is 11.4 Å². The molecule has 34 heavy (non-hydrogen) atoms. The van der Waals surface area contributed by atoms with Gasteiger partial charge in [0.15, 0.2) is 5.78 Å². The van der Waals surface area contributed by atoms with Crippen molar-refractivity contribution in [3.05, 3.63) is 52.4 Å². The maximum atomic E-state index is 11.5. The number of benzene rings is 2. The Balaban J connectivity index is 0.000000324. The molecule has 0 amide bonds. The van der Waals surface area contributed by atoms with Crippen LogP contribution in [0.15, 0.2) is 36.4 Å². The standard InChI is InChI=1S/C13H21NO3S.C11H11NOS.C2H6/c1-9-7-10(13(2,3)4)8-11(12(9)17-5)14-18(6,15)16;1-2-9(13)10-6-7-4-3-5-8(12)11(7)14-10;1-2/h7-8,14H,1-6H3;3-6H,2,12H2,1H3;1-2H3. The molecule has 6 nitrogen and oxygen atoms in total. The predicted molar refractivity (Wildman–Crippen MR) is 147 cm³/mol. The van der Waals surface area contributed by atoms with Crippen LogP contribution in [0.3, 0.4) is 0 Å². The highest BCUT2D eigenvalue weighted by Gasteiger charge is 2.19. The van der Waals surface area contributed by atoms with Gasteiger partial charge in [0.25, 0.3) is 0 Å². The highest BCUT2D eigenvalue weighted by molar-refractivity contribution is 7.92. The van der Waals surface area contributed by atoms with Crippen LogP contribution in [-0.2, 0) is 15.4 Å². The summed E-state index contributed by atoms with van der Waals surface area (Å²) in [5.41, 5.74) is 8.98. The zero-order valence-corrected chi connectivity index (χ0v) is 23.3. The van der Waals surface area contributed by atoms with Crippen molar-refractivity contribution in [1.29, 1.82) is 0 Å². The second-order valence-electron chi connectivity index (χ2n) is 8.65. The van der Waals surface area contributed by atoms with Crippen molar-refractivity contribution in [2.24, 2.45) is 0 Å². The van der Waals surface area contributed by atoms with Gasteiger partial charge in [-0.2, -0.15) is 0 Å². The Morgan fingerprint density at radius 1 is 1.15 bits per heavy atom. The molecule has 2 aromatic carbocycles. The van der Waals surface area contributed by atoms with Crippen LogP contribution in [0.2, 0.25) is 0 Å². The lowest BCUT2D eigenvalue weighted by Gasteiger charge is -2.22. The summed E-state index contributed by atoms with van der Waals surface area (Å²) in [5, 5.41) is 1.06. The van der Waals surface area contributed by atoms with Crippen LogP contribution in [0.25, 0.3) is 10.1 Å². The number of Topliss-reactive ketones (excluding diaryl/α,β-unsaturated/α-hetero) is 1. The zero-order valence-electron chi connectivity index (χ0n) is 21.7. The summed E-state index contributed by atoms with van der Waals surface area (Å²) in [6.07, 6.45) is 1.68. The number of carbonyl (C=O) groups is 1. The number of hydrogen-bond donors (Lipinski definition) is 2. The van der Waals surface area contributed by atoms with E-state index in [0.717, 1.165) is 38.0 Å². The SMILES string of the molecule is CC.CCC(=O)c1cc2cccc(N)c2s1.COc1c(C)cc(C(C)(C)C)cc1NS(C)(=O)=O. The van der Waals surface area contributed by atoms with Crippen LogP contribution in [0, 0.1) is 6.92 Å². The van der Waals surface area contributed by atoms with Crippen molar-refractivity contribution in [2.75, 3.05) is 23.8 Å². The van der Waals surface area contributed by atoms with Crippen molar-refractivity contribution in [3.8, 4) is 5.75 Å². The highest BCUT2D eigenvalue weighted by Crippen LogP contribution is 2.35. The lowest BCUT2D eigenvalue weighted by molar-refractivity contribution is 0.0992. The molecule has 0 atom stereocenters. The highest BCUT2D eigenvalue weighted by atomic mass is 32.2.